The van der Waals surface area contributed by atoms with Crippen molar-refractivity contribution in [1.82, 2.24) is 0 Å². The molecular formula is C24H29NO6. The maximum Gasteiger partial charge on any atom is 0.316 e. The third-order valence-electron chi connectivity index (χ3n) is 5.87. The van der Waals surface area contributed by atoms with Crippen LogP contribution in [-0.4, -0.2) is 43.8 Å². The van der Waals surface area contributed by atoms with Crippen molar-refractivity contribution in [2.24, 2.45) is 22.7 Å². The van der Waals surface area contributed by atoms with Gasteiger partial charge in [0.1, 0.15) is 17.6 Å². The minimum Gasteiger partial charge on any atom is -0.494 e. The molecule has 0 unspecified atom stereocenters. The Morgan fingerprint density at radius 2 is 1.87 bits per heavy atom. The van der Waals surface area contributed by atoms with E-state index in [0.29, 0.717) is 35.8 Å². The van der Waals surface area contributed by atoms with Crippen LogP contribution in [0, 0.1) is 17.8 Å². The van der Waals surface area contributed by atoms with Crippen molar-refractivity contribution in [1.29, 1.82) is 0 Å². The second-order valence-electron chi connectivity index (χ2n) is 7.87. The van der Waals surface area contributed by atoms with Gasteiger partial charge in [-0.1, -0.05) is 19.1 Å². The quantitative estimate of drug-likeness (QED) is 0.510. The summed E-state index contributed by atoms with van der Waals surface area (Å²) >= 11 is 0. The van der Waals surface area contributed by atoms with Crippen molar-refractivity contribution < 1.29 is 28.6 Å². The highest BCUT2D eigenvalue weighted by atomic mass is 16.5. The van der Waals surface area contributed by atoms with Crippen LogP contribution in [0.3, 0.4) is 0 Å². The molecule has 0 aromatic heterocycles. The maximum absolute atomic E-state index is 13.6. The molecule has 3 rings (SSSR count). The number of hydrogen-bond acceptors (Lipinski definition) is 7. The van der Waals surface area contributed by atoms with Gasteiger partial charge in [0.05, 0.1) is 20.3 Å². The Labute approximate surface area is 182 Å². The second-order valence-corrected chi connectivity index (χ2v) is 7.87. The van der Waals surface area contributed by atoms with Gasteiger partial charge < -0.3 is 14.2 Å². The summed E-state index contributed by atoms with van der Waals surface area (Å²) < 4.78 is 15.9. The lowest BCUT2D eigenvalue weighted by Crippen LogP contribution is -2.43. The van der Waals surface area contributed by atoms with E-state index in [1.807, 2.05) is 38.1 Å². The topological polar surface area (TPSA) is 91.3 Å². The fraction of sp³-hybridized carbons (Fsp3) is 0.500. The van der Waals surface area contributed by atoms with Gasteiger partial charge in [0.2, 0.25) is 0 Å². The molecule has 0 saturated heterocycles. The first-order chi connectivity index (χ1) is 14.8. The molecule has 0 radical (unpaired) electrons. The van der Waals surface area contributed by atoms with Gasteiger partial charge in [-0.2, -0.15) is 0 Å². The zero-order chi connectivity index (χ0) is 22.7. The number of ether oxygens (including phenoxy) is 3. The van der Waals surface area contributed by atoms with Crippen LogP contribution >= 0.6 is 0 Å². The lowest BCUT2D eigenvalue weighted by Gasteiger charge is -2.38. The standard InChI is InChI=1S/C24H29NO6/c1-6-30-16-10-8-9-15(12-16)20-19(24(28)31-7-2)14(4)25-17-11-13(3)18(23(27)29-5)22(26)21(17)20/h8-10,12-13,18-20H,6-7,11H2,1-5H3/t13-,18-,19+,20-/m0/s1. The zero-order valence-electron chi connectivity index (χ0n) is 18.6. The number of carbonyl (C=O) groups is 3. The monoisotopic (exact) mass is 427 g/mol. The Bertz CT molecular complexity index is 947. The smallest absolute Gasteiger partial charge is 0.316 e. The molecule has 4 atom stereocenters. The van der Waals surface area contributed by atoms with E-state index in [4.69, 9.17) is 14.2 Å². The van der Waals surface area contributed by atoms with Gasteiger partial charge in [-0.25, -0.2) is 0 Å². The number of esters is 2. The van der Waals surface area contributed by atoms with Crippen LogP contribution in [0.15, 0.2) is 40.5 Å². The summed E-state index contributed by atoms with van der Waals surface area (Å²) in [7, 11) is 1.28. The second kappa shape index (κ2) is 9.45. The number of carbonyl (C=O) groups excluding carboxylic acids is 3. The summed E-state index contributed by atoms with van der Waals surface area (Å²) in [5, 5.41) is 0. The van der Waals surface area contributed by atoms with Gasteiger partial charge >= 0.3 is 11.9 Å². The first kappa shape index (κ1) is 22.7. The van der Waals surface area contributed by atoms with Gasteiger partial charge in [0.15, 0.2) is 5.78 Å². The molecule has 0 amide bonds. The molecule has 1 aromatic carbocycles. The molecule has 2 aliphatic rings. The van der Waals surface area contributed by atoms with Crippen molar-refractivity contribution >= 4 is 23.4 Å². The molecule has 0 spiro atoms. The normalized spacial score (nSPS) is 25.5. The van der Waals surface area contributed by atoms with Gasteiger partial charge in [-0.05, 0) is 50.8 Å². The fourth-order valence-corrected chi connectivity index (χ4v) is 4.56. The first-order valence-corrected chi connectivity index (χ1v) is 10.6. The third kappa shape index (κ3) is 4.27. The van der Waals surface area contributed by atoms with E-state index in [1.165, 1.54) is 7.11 Å². The predicted octanol–water partition coefficient (Wildman–Crippen LogP) is 3.47. The number of hydrogen-bond donors (Lipinski definition) is 0. The molecule has 0 N–H and O–H groups in total. The van der Waals surface area contributed by atoms with Crippen molar-refractivity contribution in [3.63, 3.8) is 0 Å². The number of allylic oxidation sites excluding steroid dienone is 2. The molecule has 7 nitrogen and oxygen atoms in total. The molecule has 1 aromatic rings. The highest BCUT2D eigenvalue weighted by Crippen LogP contribution is 2.47. The van der Waals surface area contributed by atoms with Crippen LogP contribution in [0.2, 0.25) is 0 Å². The summed E-state index contributed by atoms with van der Waals surface area (Å²) in [6, 6.07) is 7.36. The SMILES string of the molecule is CCOC(=O)[C@@H]1C(C)=NC2=C(C(=O)[C@@H](C(=O)OC)[C@@H](C)C2)[C@H]1c1cccc(OCC)c1. The Hall–Kier alpha value is -2.96. The molecule has 0 bridgehead atoms. The first-order valence-electron chi connectivity index (χ1n) is 10.6. The third-order valence-corrected chi connectivity index (χ3v) is 5.87. The van der Waals surface area contributed by atoms with Crippen LogP contribution < -0.4 is 4.74 Å². The van der Waals surface area contributed by atoms with E-state index in [9.17, 15) is 14.4 Å². The Morgan fingerprint density at radius 3 is 2.52 bits per heavy atom. The number of Topliss-reactive ketones (excluding diaryl/α,β-unsaturated/α-hetero) is 1. The molecule has 7 heteroatoms. The summed E-state index contributed by atoms with van der Waals surface area (Å²) in [4.78, 5) is 43.6. The summed E-state index contributed by atoms with van der Waals surface area (Å²) in [5.41, 5.74) is 2.37. The lowest BCUT2D eigenvalue weighted by atomic mass is 9.67. The summed E-state index contributed by atoms with van der Waals surface area (Å²) in [5.74, 6) is -3.23. The molecule has 1 aliphatic heterocycles. The highest BCUT2D eigenvalue weighted by molar-refractivity contribution is 6.14. The Balaban J connectivity index is 2.18. The molecule has 0 saturated carbocycles. The van der Waals surface area contributed by atoms with Gasteiger partial charge in [0, 0.05) is 22.9 Å². The maximum atomic E-state index is 13.6. The largest absolute Gasteiger partial charge is 0.494 e. The number of aliphatic imine (C=N–C) groups is 1. The van der Waals surface area contributed by atoms with Crippen molar-refractivity contribution in [3.8, 4) is 5.75 Å². The Kier molecular flexibility index (Phi) is 6.93. The van der Waals surface area contributed by atoms with Crippen LogP contribution in [0.25, 0.3) is 0 Å². The van der Waals surface area contributed by atoms with Crippen molar-refractivity contribution in [3.05, 3.63) is 41.1 Å². The van der Waals surface area contributed by atoms with E-state index in [1.54, 1.807) is 13.8 Å². The number of rotatable bonds is 6. The lowest BCUT2D eigenvalue weighted by molar-refractivity contribution is -0.151. The van der Waals surface area contributed by atoms with Crippen LogP contribution in [0.1, 0.15) is 45.6 Å². The minimum atomic E-state index is -0.919. The molecule has 1 heterocycles. The van der Waals surface area contributed by atoms with E-state index in [-0.39, 0.29) is 18.3 Å². The number of ketones is 1. The van der Waals surface area contributed by atoms with Crippen LogP contribution in [0.5, 0.6) is 5.75 Å². The van der Waals surface area contributed by atoms with Crippen LogP contribution in [0.4, 0.5) is 0 Å². The average Bonchev–Trinajstić information content (AvgIpc) is 2.73. The average molecular weight is 427 g/mol. The van der Waals surface area contributed by atoms with E-state index in [2.05, 4.69) is 4.99 Å². The molecule has 0 fully saturated rings. The summed E-state index contributed by atoms with van der Waals surface area (Å²) in [6.45, 7) is 7.96. The molecule has 31 heavy (non-hydrogen) atoms. The highest BCUT2D eigenvalue weighted by Gasteiger charge is 2.49. The fourth-order valence-electron chi connectivity index (χ4n) is 4.56. The molecular weight excluding hydrogens is 398 g/mol. The van der Waals surface area contributed by atoms with E-state index >= 15 is 0 Å². The minimum absolute atomic E-state index is 0.218. The number of methoxy groups -OCH3 is 1. The van der Waals surface area contributed by atoms with Crippen LogP contribution in [-0.2, 0) is 23.9 Å². The van der Waals surface area contributed by atoms with E-state index < -0.39 is 29.7 Å². The van der Waals surface area contributed by atoms with Gasteiger partial charge in [-0.15, -0.1) is 0 Å². The number of benzene rings is 1. The zero-order valence-corrected chi connectivity index (χ0v) is 18.6. The summed E-state index contributed by atoms with van der Waals surface area (Å²) in [6.07, 6.45) is 0.454. The predicted molar refractivity (Wildman–Crippen MR) is 115 cm³/mol. The van der Waals surface area contributed by atoms with E-state index in [0.717, 1.165) is 5.56 Å². The Morgan fingerprint density at radius 1 is 1.13 bits per heavy atom. The van der Waals surface area contributed by atoms with Crippen molar-refractivity contribution in [2.75, 3.05) is 20.3 Å². The molecule has 166 valence electrons. The van der Waals surface area contributed by atoms with Gasteiger partial charge in [0.25, 0.3) is 0 Å². The molecule has 1 aliphatic carbocycles. The van der Waals surface area contributed by atoms with Gasteiger partial charge in [-0.3, -0.25) is 19.4 Å². The van der Waals surface area contributed by atoms with Crippen molar-refractivity contribution in [2.45, 2.75) is 40.0 Å². The number of nitrogens with zero attached hydrogens (tertiary/aromatic N) is 1.